The average molecular weight is 177 g/mol. The van der Waals surface area contributed by atoms with Crippen LogP contribution in [0.4, 0.5) is 0 Å². The number of fused-ring (bicyclic) bond motifs is 1. The molecule has 0 aliphatic rings. The molecule has 2 heterocycles. The number of aromatic nitrogens is 2. The monoisotopic (exact) mass is 177 g/mol. The smallest absolute Gasteiger partial charge is 0.254 e. The van der Waals surface area contributed by atoms with E-state index in [2.05, 4.69) is 9.97 Å². The fourth-order valence-corrected chi connectivity index (χ4v) is 1.22. The van der Waals surface area contributed by atoms with Crippen LogP contribution >= 0.6 is 0 Å². The maximum Gasteiger partial charge on any atom is 0.254 e. The summed E-state index contributed by atoms with van der Waals surface area (Å²) < 4.78 is 0. The van der Waals surface area contributed by atoms with E-state index in [0.717, 1.165) is 0 Å². The molecule has 0 saturated carbocycles. The highest BCUT2D eigenvalue weighted by molar-refractivity contribution is 5.95. The van der Waals surface area contributed by atoms with Gasteiger partial charge >= 0.3 is 0 Å². The molecule has 0 aliphatic heterocycles. The average Bonchev–Trinajstić information content (AvgIpc) is 2.52. The Labute approximate surface area is 72.6 Å². The highest BCUT2D eigenvalue weighted by Gasteiger charge is 2.09. The SMILES string of the molecule is NC(=O)c1c[nH]c2[nH]ccc2c1=O. The molecule has 0 unspecified atom stereocenters. The van der Waals surface area contributed by atoms with Crippen LogP contribution in [0.2, 0.25) is 0 Å². The van der Waals surface area contributed by atoms with Gasteiger partial charge in [-0.05, 0) is 6.07 Å². The summed E-state index contributed by atoms with van der Waals surface area (Å²) in [7, 11) is 0. The first kappa shape index (κ1) is 7.60. The number of aromatic amines is 2. The molecule has 0 spiro atoms. The van der Waals surface area contributed by atoms with Crippen LogP contribution in [-0.2, 0) is 0 Å². The molecule has 0 saturated heterocycles. The van der Waals surface area contributed by atoms with Gasteiger partial charge in [0.25, 0.3) is 5.91 Å². The molecular weight excluding hydrogens is 170 g/mol. The minimum Gasteiger partial charge on any atom is -0.365 e. The summed E-state index contributed by atoms with van der Waals surface area (Å²) in [5.74, 6) is -0.718. The molecule has 5 heteroatoms. The summed E-state index contributed by atoms with van der Waals surface area (Å²) in [6.07, 6.45) is 2.93. The number of primary amides is 1. The van der Waals surface area contributed by atoms with E-state index in [1.165, 1.54) is 6.20 Å². The van der Waals surface area contributed by atoms with E-state index < -0.39 is 5.91 Å². The van der Waals surface area contributed by atoms with Gasteiger partial charge in [0.15, 0.2) is 0 Å². The molecule has 0 bridgehead atoms. The molecule has 0 aliphatic carbocycles. The number of nitrogens with one attached hydrogen (secondary N) is 2. The zero-order valence-electron chi connectivity index (χ0n) is 6.63. The van der Waals surface area contributed by atoms with Crippen LogP contribution in [0, 0.1) is 0 Å². The second kappa shape index (κ2) is 2.48. The highest BCUT2D eigenvalue weighted by Crippen LogP contribution is 2.03. The first-order valence-electron chi connectivity index (χ1n) is 3.68. The number of amides is 1. The molecule has 4 N–H and O–H groups in total. The zero-order valence-corrected chi connectivity index (χ0v) is 6.63. The van der Waals surface area contributed by atoms with E-state index in [0.29, 0.717) is 11.0 Å². The number of carbonyl (C=O) groups excluding carboxylic acids is 1. The summed E-state index contributed by atoms with van der Waals surface area (Å²) in [4.78, 5) is 27.9. The first-order valence-corrected chi connectivity index (χ1v) is 3.68. The lowest BCUT2D eigenvalue weighted by Gasteiger charge is -1.94. The van der Waals surface area contributed by atoms with E-state index in [9.17, 15) is 9.59 Å². The largest absolute Gasteiger partial charge is 0.365 e. The predicted octanol–water partition coefficient (Wildman–Crippen LogP) is -0.0449. The molecule has 1 amide bonds. The van der Waals surface area contributed by atoms with Gasteiger partial charge in [-0.15, -0.1) is 0 Å². The Kier molecular flexibility index (Phi) is 1.45. The van der Waals surface area contributed by atoms with Crippen LogP contribution in [0.5, 0.6) is 0 Å². The van der Waals surface area contributed by atoms with Crippen molar-refractivity contribution in [2.45, 2.75) is 0 Å². The van der Waals surface area contributed by atoms with Crippen molar-refractivity contribution in [2.24, 2.45) is 5.73 Å². The van der Waals surface area contributed by atoms with Gasteiger partial charge in [0.1, 0.15) is 11.2 Å². The third-order valence-corrected chi connectivity index (χ3v) is 1.86. The Morgan fingerprint density at radius 3 is 2.85 bits per heavy atom. The molecule has 66 valence electrons. The van der Waals surface area contributed by atoms with Crippen molar-refractivity contribution in [2.75, 3.05) is 0 Å². The van der Waals surface area contributed by atoms with Gasteiger partial charge in [-0.25, -0.2) is 0 Å². The third kappa shape index (κ3) is 1.01. The van der Waals surface area contributed by atoms with Crippen molar-refractivity contribution in [3.8, 4) is 0 Å². The Bertz CT molecular complexity index is 523. The summed E-state index contributed by atoms with van der Waals surface area (Å²) in [6, 6.07) is 1.60. The summed E-state index contributed by atoms with van der Waals surface area (Å²) in [5, 5.41) is 0.441. The Morgan fingerprint density at radius 1 is 1.38 bits per heavy atom. The number of carbonyl (C=O) groups is 1. The molecule has 0 fully saturated rings. The zero-order chi connectivity index (χ0) is 9.42. The third-order valence-electron chi connectivity index (χ3n) is 1.86. The molecule has 0 atom stereocenters. The highest BCUT2D eigenvalue weighted by atomic mass is 16.2. The number of hydrogen-bond donors (Lipinski definition) is 3. The minimum absolute atomic E-state index is 0.0212. The number of nitrogens with two attached hydrogens (primary N) is 1. The normalized spacial score (nSPS) is 10.5. The van der Waals surface area contributed by atoms with Crippen LogP contribution in [0.15, 0.2) is 23.3 Å². The van der Waals surface area contributed by atoms with Crippen LogP contribution in [-0.4, -0.2) is 15.9 Å². The van der Waals surface area contributed by atoms with Crippen LogP contribution in [0.3, 0.4) is 0 Å². The lowest BCUT2D eigenvalue weighted by Crippen LogP contribution is -2.21. The van der Waals surface area contributed by atoms with Crippen molar-refractivity contribution < 1.29 is 4.79 Å². The van der Waals surface area contributed by atoms with Gasteiger partial charge in [0.05, 0.1) is 5.39 Å². The van der Waals surface area contributed by atoms with Crippen LogP contribution < -0.4 is 11.2 Å². The number of hydrogen-bond acceptors (Lipinski definition) is 2. The molecule has 13 heavy (non-hydrogen) atoms. The van der Waals surface area contributed by atoms with Gasteiger partial charge in [-0.1, -0.05) is 0 Å². The minimum atomic E-state index is -0.718. The second-order valence-corrected chi connectivity index (χ2v) is 2.66. The van der Waals surface area contributed by atoms with E-state index in [1.54, 1.807) is 12.3 Å². The quantitative estimate of drug-likeness (QED) is 0.570. The predicted molar refractivity (Wildman–Crippen MR) is 47.4 cm³/mol. The molecule has 0 aromatic carbocycles. The second-order valence-electron chi connectivity index (χ2n) is 2.66. The van der Waals surface area contributed by atoms with Crippen LogP contribution in [0.1, 0.15) is 10.4 Å². The van der Waals surface area contributed by atoms with E-state index >= 15 is 0 Å². The lowest BCUT2D eigenvalue weighted by atomic mass is 10.2. The number of rotatable bonds is 1. The van der Waals surface area contributed by atoms with E-state index in [1.807, 2.05) is 0 Å². The Balaban J connectivity index is 2.89. The molecule has 2 aromatic rings. The first-order chi connectivity index (χ1) is 6.20. The lowest BCUT2D eigenvalue weighted by molar-refractivity contribution is 0.0999. The molecule has 0 radical (unpaired) electrons. The van der Waals surface area contributed by atoms with Gasteiger partial charge in [-0.3, -0.25) is 9.59 Å². The van der Waals surface area contributed by atoms with Gasteiger partial charge < -0.3 is 15.7 Å². The summed E-state index contributed by atoms with van der Waals surface area (Å²) in [5.41, 5.74) is 5.23. The summed E-state index contributed by atoms with van der Waals surface area (Å²) in [6.45, 7) is 0. The molecule has 5 nitrogen and oxygen atoms in total. The molecule has 2 aromatic heterocycles. The van der Waals surface area contributed by atoms with Crippen molar-refractivity contribution in [1.29, 1.82) is 0 Å². The number of pyridine rings is 1. The Hall–Kier alpha value is -2.04. The van der Waals surface area contributed by atoms with Crippen molar-refractivity contribution in [3.63, 3.8) is 0 Å². The van der Waals surface area contributed by atoms with Crippen LogP contribution in [0.25, 0.3) is 11.0 Å². The molecule has 2 rings (SSSR count). The number of H-pyrrole nitrogens is 2. The van der Waals surface area contributed by atoms with Crippen molar-refractivity contribution in [1.82, 2.24) is 9.97 Å². The standard InChI is InChI=1S/C8H7N3O2/c9-7(13)5-3-11-8-4(6(5)12)1-2-10-8/h1-3H,(H2,9,13)(H2,10,11,12). The fourth-order valence-electron chi connectivity index (χ4n) is 1.22. The fraction of sp³-hybridized carbons (Fsp3) is 0. The topological polar surface area (TPSA) is 91.7 Å². The van der Waals surface area contributed by atoms with Crippen molar-refractivity contribution in [3.05, 3.63) is 34.2 Å². The maximum absolute atomic E-state index is 11.5. The molecular formula is C8H7N3O2. The Morgan fingerprint density at radius 2 is 2.15 bits per heavy atom. The summed E-state index contributed by atoms with van der Waals surface area (Å²) >= 11 is 0. The van der Waals surface area contributed by atoms with E-state index in [4.69, 9.17) is 5.73 Å². The van der Waals surface area contributed by atoms with Gasteiger partial charge in [0.2, 0.25) is 5.43 Å². The van der Waals surface area contributed by atoms with Gasteiger partial charge in [-0.2, -0.15) is 0 Å². The van der Waals surface area contributed by atoms with Crippen molar-refractivity contribution >= 4 is 16.9 Å². The van der Waals surface area contributed by atoms with Gasteiger partial charge in [0, 0.05) is 12.4 Å². The van der Waals surface area contributed by atoms with E-state index in [-0.39, 0.29) is 11.0 Å². The maximum atomic E-state index is 11.5.